The average Bonchev–Trinajstić information content (AvgIpc) is 3.34. The van der Waals surface area contributed by atoms with Crippen LogP contribution in [0, 0.1) is 0 Å². The van der Waals surface area contributed by atoms with Gasteiger partial charge in [-0.1, -0.05) is 24.3 Å². The highest BCUT2D eigenvalue weighted by atomic mass is 16.7. The quantitative estimate of drug-likeness (QED) is 0.518. The Morgan fingerprint density at radius 3 is 2.69 bits per heavy atom. The van der Waals surface area contributed by atoms with Crippen molar-refractivity contribution in [3.05, 3.63) is 66.2 Å². The van der Waals surface area contributed by atoms with E-state index in [4.69, 9.17) is 9.47 Å². The van der Waals surface area contributed by atoms with E-state index in [0.29, 0.717) is 12.8 Å². The number of aryl methyl sites for hydroxylation is 2. The van der Waals surface area contributed by atoms with Gasteiger partial charge >= 0.3 is 0 Å². The SMILES string of the molecule is CCn1c2ccccc2c2cc(NC(=O)CCc3ccc4c(c3)OCO4)ccc21. The molecule has 5 nitrogen and oxygen atoms in total. The second-order valence-electron chi connectivity index (χ2n) is 7.23. The van der Waals surface area contributed by atoms with Gasteiger partial charge in [0.25, 0.3) is 0 Å². The second kappa shape index (κ2) is 7.17. The van der Waals surface area contributed by atoms with Crippen LogP contribution in [-0.4, -0.2) is 17.3 Å². The highest BCUT2D eigenvalue weighted by molar-refractivity contribution is 6.09. The number of nitrogens with one attached hydrogen (secondary N) is 1. The first-order valence-corrected chi connectivity index (χ1v) is 9.92. The molecular formula is C24H22N2O3. The number of carbonyl (C=O) groups excluding carboxylic acids is 1. The molecule has 1 aliphatic heterocycles. The lowest BCUT2D eigenvalue weighted by molar-refractivity contribution is -0.116. The Labute approximate surface area is 168 Å². The normalized spacial score (nSPS) is 12.6. The van der Waals surface area contributed by atoms with E-state index in [1.54, 1.807) is 0 Å². The second-order valence-corrected chi connectivity index (χ2v) is 7.23. The van der Waals surface area contributed by atoms with Crippen molar-refractivity contribution in [2.45, 2.75) is 26.3 Å². The van der Waals surface area contributed by atoms with E-state index in [0.717, 1.165) is 34.7 Å². The predicted octanol–water partition coefficient (Wildman–Crippen LogP) is 5.11. The molecule has 0 radical (unpaired) electrons. The molecule has 3 aromatic carbocycles. The minimum absolute atomic E-state index is 0.00115. The Morgan fingerprint density at radius 1 is 0.966 bits per heavy atom. The van der Waals surface area contributed by atoms with Crippen LogP contribution >= 0.6 is 0 Å². The Balaban J connectivity index is 1.33. The number of hydrogen-bond acceptors (Lipinski definition) is 3. The average molecular weight is 386 g/mol. The zero-order valence-corrected chi connectivity index (χ0v) is 16.3. The molecule has 0 fully saturated rings. The van der Waals surface area contributed by atoms with Crippen molar-refractivity contribution in [2.24, 2.45) is 0 Å². The highest BCUT2D eigenvalue weighted by Gasteiger charge is 2.14. The number of aromatic nitrogens is 1. The molecule has 5 rings (SSSR count). The first-order valence-electron chi connectivity index (χ1n) is 9.92. The van der Waals surface area contributed by atoms with Crippen molar-refractivity contribution in [3.8, 4) is 11.5 Å². The molecule has 0 bridgehead atoms. The van der Waals surface area contributed by atoms with Gasteiger partial charge in [0.05, 0.1) is 0 Å². The zero-order valence-electron chi connectivity index (χ0n) is 16.3. The van der Waals surface area contributed by atoms with Gasteiger partial charge in [-0.15, -0.1) is 0 Å². The summed E-state index contributed by atoms with van der Waals surface area (Å²) in [4.78, 5) is 12.5. The van der Waals surface area contributed by atoms with Crippen molar-refractivity contribution in [3.63, 3.8) is 0 Å². The Morgan fingerprint density at radius 2 is 1.79 bits per heavy atom. The van der Waals surface area contributed by atoms with Crippen molar-refractivity contribution in [2.75, 3.05) is 12.1 Å². The Hall–Kier alpha value is -3.47. The number of fused-ring (bicyclic) bond motifs is 4. The molecule has 1 amide bonds. The number of carbonyl (C=O) groups is 1. The van der Waals surface area contributed by atoms with Crippen LogP contribution in [0.25, 0.3) is 21.8 Å². The van der Waals surface area contributed by atoms with Crippen LogP contribution in [-0.2, 0) is 17.8 Å². The summed E-state index contributed by atoms with van der Waals surface area (Å²) in [5.74, 6) is 1.51. The fourth-order valence-electron chi connectivity index (χ4n) is 4.05. The Kier molecular flexibility index (Phi) is 4.35. The largest absolute Gasteiger partial charge is 0.454 e. The van der Waals surface area contributed by atoms with Gasteiger partial charge in [0, 0.05) is 40.5 Å². The van der Waals surface area contributed by atoms with Crippen LogP contribution < -0.4 is 14.8 Å². The third-order valence-corrected chi connectivity index (χ3v) is 5.45. The smallest absolute Gasteiger partial charge is 0.231 e. The van der Waals surface area contributed by atoms with E-state index in [2.05, 4.69) is 53.2 Å². The summed E-state index contributed by atoms with van der Waals surface area (Å²) in [5, 5.41) is 5.42. The molecule has 0 atom stereocenters. The standard InChI is InChI=1S/C24H22N2O3/c1-2-26-20-6-4-3-5-18(20)19-14-17(9-10-21(19)26)25-24(27)12-8-16-7-11-22-23(13-16)29-15-28-22/h3-7,9-11,13-14H,2,8,12,15H2,1H3,(H,25,27). The number of amides is 1. The molecule has 29 heavy (non-hydrogen) atoms. The van der Waals surface area contributed by atoms with Crippen molar-refractivity contribution >= 4 is 33.4 Å². The summed E-state index contributed by atoms with van der Waals surface area (Å²) in [6, 6.07) is 20.4. The summed E-state index contributed by atoms with van der Waals surface area (Å²) in [5.41, 5.74) is 4.29. The lowest BCUT2D eigenvalue weighted by atomic mass is 10.1. The van der Waals surface area contributed by atoms with Crippen LogP contribution in [0.15, 0.2) is 60.7 Å². The van der Waals surface area contributed by atoms with Crippen LogP contribution in [0.5, 0.6) is 11.5 Å². The fourth-order valence-corrected chi connectivity index (χ4v) is 4.05. The minimum atomic E-state index is 0.00115. The number of nitrogens with zero attached hydrogens (tertiary/aromatic N) is 1. The maximum absolute atomic E-state index is 12.5. The minimum Gasteiger partial charge on any atom is -0.454 e. The van der Waals surface area contributed by atoms with Crippen molar-refractivity contribution < 1.29 is 14.3 Å². The molecule has 2 heterocycles. The molecule has 0 saturated carbocycles. The molecule has 1 aromatic heterocycles. The van der Waals surface area contributed by atoms with Gasteiger partial charge in [0.15, 0.2) is 11.5 Å². The molecule has 5 heteroatoms. The summed E-state index contributed by atoms with van der Waals surface area (Å²) < 4.78 is 13.0. The third kappa shape index (κ3) is 3.18. The fraction of sp³-hybridized carbons (Fsp3) is 0.208. The monoisotopic (exact) mass is 386 g/mol. The predicted molar refractivity (Wildman–Crippen MR) is 115 cm³/mol. The summed E-state index contributed by atoms with van der Waals surface area (Å²) >= 11 is 0. The van der Waals surface area contributed by atoms with Gasteiger partial charge in [-0.3, -0.25) is 4.79 Å². The van der Waals surface area contributed by atoms with Gasteiger partial charge in [-0.2, -0.15) is 0 Å². The maximum Gasteiger partial charge on any atom is 0.231 e. The van der Waals surface area contributed by atoms with Crippen molar-refractivity contribution in [1.29, 1.82) is 0 Å². The summed E-state index contributed by atoms with van der Waals surface area (Å²) in [6.45, 7) is 3.32. The lowest BCUT2D eigenvalue weighted by Gasteiger charge is -2.07. The number of anilines is 1. The molecule has 1 aliphatic rings. The van der Waals surface area contributed by atoms with Gasteiger partial charge < -0.3 is 19.4 Å². The van der Waals surface area contributed by atoms with E-state index in [1.165, 1.54) is 16.4 Å². The summed E-state index contributed by atoms with van der Waals surface area (Å²) in [7, 11) is 0. The molecule has 146 valence electrons. The number of ether oxygens (including phenoxy) is 2. The molecule has 0 aliphatic carbocycles. The van der Waals surface area contributed by atoms with Gasteiger partial charge in [0.1, 0.15) is 0 Å². The first kappa shape index (κ1) is 17.6. The topological polar surface area (TPSA) is 52.5 Å². The van der Waals surface area contributed by atoms with Gasteiger partial charge in [0.2, 0.25) is 12.7 Å². The maximum atomic E-state index is 12.5. The molecule has 0 saturated heterocycles. The number of rotatable bonds is 5. The molecule has 1 N–H and O–H groups in total. The highest BCUT2D eigenvalue weighted by Crippen LogP contribution is 2.33. The van der Waals surface area contributed by atoms with Crippen LogP contribution in [0.3, 0.4) is 0 Å². The molecular weight excluding hydrogens is 364 g/mol. The van der Waals surface area contributed by atoms with E-state index in [-0.39, 0.29) is 12.7 Å². The number of hydrogen-bond donors (Lipinski definition) is 1. The van der Waals surface area contributed by atoms with E-state index in [9.17, 15) is 4.79 Å². The van der Waals surface area contributed by atoms with E-state index >= 15 is 0 Å². The number of benzene rings is 3. The van der Waals surface area contributed by atoms with E-state index < -0.39 is 0 Å². The molecule has 0 unspecified atom stereocenters. The number of para-hydroxylation sites is 1. The van der Waals surface area contributed by atoms with Crippen molar-refractivity contribution in [1.82, 2.24) is 4.57 Å². The molecule has 4 aromatic rings. The van der Waals surface area contributed by atoms with Crippen LogP contribution in [0.1, 0.15) is 18.9 Å². The van der Waals surface area contributed by atoms with Crippen LogP contribution in [0.2, 0.25) is 0 Å². The first-order chi connectivity index (χ1) is 14.2. The molecule has 0 spiro atoms. The third-order valence-electron chi connectivity index (χ3n) is 5.45. The van der Waals surface area contributed by atoms with E-state index in [1.807, 2.05) is 24.3 Å². The van der Waals surface area contributed by atoms with Gasteiger partial charge in [-0.05, 0) is 55.3 Å². The van der Waals surface area contributed by atoms with Gasteiger partial charge in [-0.25, -0.2) is 0 Å². The lowest BCUT2D eigenvalue weighted by Crippen LogP contribution is -2.12. The zero-order chi connectivity index (χ0) is 19.8. The Bertz CT molecular complexity index is 1230. The summed E-state index contributed by atoms with van der Waals surface area (Å²) in [6.07, 6.45) is 1.06. The van der Waals surface area contributed by atoms with Crippen LogP contribution in [0.4, 0.5) is 5.69 Å².